The summed E-state index contributed by atoms with van der Waals surface area (Å²) < 4.78 is 26.6. The summed E-state index contributed by atoms with van der Waals surface area (Å²) in [5, 5.41) is 4.14. The van der Waals surface area contributed by atoms with Gasteiger partial charge in [0.1, 0.15) is 16.8 Å². The van der Waals surface area contributed by atoms with Crippen molar-refractivity contribution in [2.45, 2.75) is 13.8 Å². The van der Waals surface area contributed by atoms with Gasteiger partial charge in [-0.25, -0.2) is 9.18 Å². The van der Waals surface area contributed by atoms with Gasteiger partial charge in [0.05, 0.1) is 16.0 Å². The first kappa shape index (κ1) is 19.4. The molecule has 5 aromatic rings. The Morgan fingerprint density at radius 2 is 1.74 bits per heavy atom. The minimum atomic E-state index is -0.625. The first-order chi connectivity index (χ1) is 14.9. The fourth-order valence-electron chi connectivity index (χ4n) is 3.85. The standard InChI is InChI=1S/C25H17ClFNO3/c1-13-10-11-18(14(2)12-13)28-24-21(20-16(26)7-5-8-17(20)27)22-23(31-24)15-6-3-4-9-19(15)30-25(22)29/h3-12,28H,1-2H3. The molecule has 4 nitrogen and oxygen atoms in total. The molecule has 0 atom stereocenters. The highest BCUT2D eigenvalue weighted by Crippen LogP contribution is 2.44. The van der Waals surface area contributed by atoms with E-state index in [0.29, 0.717) is 16.6 Å². The molecule has 0 amide bonds. The number of aryl methyl sites for hydroxylation is 2. The van der Waals surface area contributed by atoms with Crippen molar-refractivity contribution in [1.29, 1.82) is 0 Å². The Bertz CT molecular complexity index is 1510. The van der Waals surface area contributed by atoms with Crippen molar-refractivity contribution in [2.24, 2.45) is 0 Å². The summed E-state index contributed by atoms with van der Waals surface area (Å²) in [6, 6.07) is 17.3. The van der Waals surface area contributed by atoms with Crippen LogP contribution in [-0.4, -0.2) is 0 Å². The lowest BCUT2D eigenvalue weighted by molar-refractivity contribution is 0.566. The first-order valence-corrected chi connectivity index (χ1v) is 10.1. The molecular weight excluding hydrogens is 417 g/mol. The van der Waals surface area contributed by atoms with Gasteiger partial charge in [-0.15, -0.1) is 0 Å². The van der Waals surface area contributed by atoms with Crippen LogP contribution in [0.3, 0.4) is 0 Å². The molecule has 0 spiro atoms. The van der Waals surface area contributed by atoms with Crippen LogP contribution in [0, 0.1) is 19.7 Å². The second kappa shape index (κ2) is 7.29. The van der Waals surface area contributed by atoms with Gasteiger partial charge in [0.25, 0.3) is 0 Å². The molecular formula is C25H17ClFNO3. The van der Waals surface area contributed by atoms with Gasteiger partial charge in [0, 0.05) is 11.3 Å². The van der Waals surface area contributed by atoms with E-state index in [9.17, 15) is 9.18 Å². The molecule has 0 saturated heterocycles. The van der Waals surface area contributed by atoms with Crippen LogP contribution in [-0.2, 0) is 0 Å². The smallest absolute Gasteiger partial charge is 0.348 e. The number of hydrogen-bond acceptors (Lipinski definition) is 4. The van der Waals surface area contributed by atoms with Crippen LogP contribution in [0.15, 0.2) is 74.3 Å². The predicted molar refractivity (Wildman–Crippen MR) is 122 cm³/mol. The molecule has 6 heteroatoms. The van der Waals surface area contributed by atoms with Crippen molar-refractivity contribution in [3.8, 4) is 11.1 Å². The number of anilines is 2. The van der Waals surface area contributed by atoms with Crippen LogP contribution in [0.2, 0.25) is 5.02 Å². The SMILES string of the molecule is Cc1ccc(Nc2oc3c(c2-c2c(F)cccc2Cl)c(=O)oc2ccccc23)c(C)c1. The molecule has 0 radical (unpaired) electrons. The summed E-state index contributed by atoms with van der Waals surface area (Å²) in [6.07, 6.45) is 0. The van der Waals surface area contributed by atoms with Gasteiger partial charge in [0.2, 0.25) is 5.88 Å². The van der Waals surface area contributed by atoms with Gasteiger partial charge >= 0.3 is 5.63 Å². The summed E-state index contributed by atoms with van der Waals surface area (Å²) in [7, 11) is 0. The van der Waals surface area contributed by atoms with E-state index in [1.165, 1.54) is 12.1 Å². The summed E-state index contributed by atoms with van der Waals surface area (Å²) >= 11 is 6.38. The zero-order chi connectivity index (χ0) is 21.7. The van der Waals surface area contributed by atoms with E-state index in [2.05, 4.69) is 5.32 Å². The van der Waals surface area contributed by atoms with E-state index < -0.39 is 11.4 Å². The van der Waals surface area contributed by atoms with Crippen molar-refractivity contribution in [1.82, 2.24) is 0 Å². The maximum atomic E-state index is 15.0. The topological polar surface area (TPSA) is 55.4 Å². The molecule has 5 rings (SSSR count). The predicted octanol–water partition coefficient (Wildman–Crippen LogP) is 7.36. The Labute approximate surface area is 181 Å². The molecule has 0 aliphatic rings. The third-order valence-corrected chi connectivity index (χ3v) is 5.60. The second-order valence-corrected chi connectivity index (χ2v) is 7.84. The van der Waals surface area contributed by atoms with Crippen molar-refractivity contribution in [3.05, 3.63) is 93.1 Å². The molecule has 0 aliphatic heterocycles. The maximum absolute atomic E-state index is 15.0. The Morgan fingerprint density at radius 1 is 0.935 bits per heavy atom. The zero-order valence-corrected chi connectivity index (χ0v) is 17.5. The normalized spacial score (nSPS) is 11.4. The summed E-state index contributed by atoms with van der Waals surface area (Å²) in [5.74, 6) is -0.343. The zero-order valence-electron chi connectivity index (χ0n) is 16.8. The van der Waals surface area contributed by atoms with Crippen molar-refractivity contribution in [3.63, 3.8) is 0 Å². The summed E-state index contributed by atoms with van der Waals surface area (Å²) in [5.41, 5.74) is 3.24. The van der Waals surface area contributed by atoms with Crippen LogP contribution >= 0.6 is 11.6 Å². The maximum Gasteiger partial charge on any atom is 0.348 e. The Balaban J connectivity index is 1.89. The van der Waals surface area contributed by atoms with E-state index in [1.807, 2.05) is 38.1 Å². The van der Waals surface area contributed by atoms with Gasteiger partial charge in [0.15, 0.2) is 5.58 Å². The minimum absolute atomic E-state index is 0.0813. The lowest BCUT2D eigenvalue weighted by Crippen LogP contribution is -2.01. The van der Waals surface area contributed by atoms with Crippen LogP contribution in [0.5, 0.6) is 0 Å². The van der Waals surface area contributed by atoms with E-state index in [0.717, 1.165) is 16.8 Å². The molecule has 0 bridgehead atoms. The monoisotopic (exact) mass is 433 g/mol. The molecule has 2 aromatic heterocycles. The third kappa shape index (κ3) is 3.18. The fraction of sp³-hybridized carbons (Fsp3) is 0.0800. The van der Waals surface area contributed by atoms with Crippen LogP contribution < -0.4 is 10.9 Å². The molecule has 2 heterocycles. The lowest BCUT2D eigenvalue weighted by atomic mass is 10.0. The Kier molecular flexibility index (Phi) is 4.56. The molecule has 31 heavy (non-hydrogen) atoms. The van der Waals surface area contributed by atoms with Gasteiger partial charge in [-0.05, 0) is 49.7 Å². The number of furan rings is 1. The molecule has 1 N–H and O–H groups in total. The number of nitrogens with one attached hydrogen (secondary N) is 1. The van der Waals surface area contributed by atoms with E-state index in [4.69, 9.17) is 20.4 Å². The number of fused-ring (bicyclic) bond motifs is 3. The van der Waals surface area contributed by atoms with E-state index >= 15 is 0 Å². The second-order valence-electron chi connectivity index (χ2n) is 7.44. The van der Waals surface area contributed by atoms with Crippen molar-refractivity contribution < 1.29 is 13.2 Å². The van der Waals surface area contributed by atoms with Crippen molar-refractivity contribution >= 4 is 45.1 Å². The fourth-order valence-corrected chi connectivity index (χ4v) is 4.11. The molecule has 0 fully saturated rings. The average molecular weight is 434 g/mol. The lowest BCUT2D eigenvalue weighted by Gasteiger charge is -2.11. The number of rotatable bonds is 3. The van der Waals surface area contributed by atoms with E-state index in [-0.39, 0.29) is 27.4 Å². The largest absolute Gasteiger partial charge is 0.439 e. The molecule has 0 saturated carbocycles. The van der Waals surface area contributed by atoms with Gasteiger partial charge < -0.3 is 14.2 Å². The Morgan fingerprint density at radius 3 is 2.52 bits per heavy atom. The van der Waals surface area contributed by atoms with Gasteiger partial charge in [-0.2, -0.15) is 0 Å². The summed E-state index contributed by atoms with van der Waals surface area (Å²) in [6.45, 7) is 3.96. The van der Waals surface area contributed by atoms with Gasteiger partial charge in [-0.3, -0.25) is 0 Å². The highest BCUT2D eigenvalue weighted by molar-refractivity contribution is 6.34. The average Bonchev–Trinajstić information content (AvgIpc) is 3.10. The van der Waals surface area contributed by atoms with Gasteiger partial charge in [-0.1, -0.05) is 47.5 Å². The molecule has 154 valence electrons. The number of para-hydroxylation sites is 1. The number of benzene rings is 3. The van der Waals surface area contributed by atoms with Crippen molar-refractivity contribution in [2.75, 3.05) is 5.32 Å². The molecule has 3 aromatic carbocycles. The minimum Gasteiger partial charge on any atom is -0.439 e. The molecule has 0 aliphatic carbocycles. The van der Waals surface area contributed by atoms with Crippen LogP contribution in [0.4, 0.5) is 16.0 Å². The van der Waals surface area contributed by atoms with E-state index in [1.54, 1.807) is 24.3 Å². The number of halogens is 2. The molecule has 0 unspecified atom stereocenters. The number of hydrogen-bond donors (Lipinski definition) is 1. The third-order valence-electron chi connectivity index (χ3n) is 5.29. The first-order valence-electron chi connectivity index (χ1n) is 9.71. The van der Waals surface area contributed by atoms with Crippen LogP contribution in [0.25, 0.3) is 33.1 Å². The Hall–Kier alpha value is -3.57. The highest BCUT2D eigenvalue weighted by Gasteiger charge is 2.26. The highest BCUT2D eigenvalue weighted by atomic mass is 35.5. The summed E-state index contributed by atoms with van der Waals surface area (Å²) in [4.78, 5) is 13.0. The quantitative estimate of drug-likeness (QED) is 0.302. The van der Waals surface area contributed by atoms with Crippen LogP contribution in [0.1, 0.15) is 11.1 Å².